The average Bonchev–Trinajstić information content (AvgIpc) is 4.12. The zero-order valence-corrected chi connectivity index (χ0v) is 45.8. The highest BCUT2D eigenvalue weighted by Crippen LogP contribution is 2.59. The lowest BCUT2D eigenvalue weighted by Gasteiger charge is -2.37. The van der Waals surface area contributed by atoms with Crippen molar-refractivity contribution in [3.05, 3.63) is 280 Å². The van der Waals surface area contributed by atoms with Crippen molar-refractivity contribution in [2.24, 2.45) is 0 Å². The number of anilines is 3. The second-order valence-electron chi connectivity index (χ2n) is 24.9. The minimum Gasteiger partial charge on any atom is -0.310 e. The summed E-state index contributed by atoms with van der Waals surface area (Å²) in [7, 11) is 0. The molecular formula is C75H67N. The summed E-state index contributed by atoms with van der Waals surface area (Å²) >= 11 is 0. The van der Waals surface area contributed by atoms with E-state index in [0.717, 1.165) is 17.1 Å². The molecule has 0 heterocycles. The van der Waals surface area contributed by atoms with Gasteiger partial charge in [-0.15, -0.1) is 0 Å². The summed E-state index contributed by atoms with van der Waals surface area (Å²) in [6, 6.07) is 86.1. The van der Waals surface area contributed by atoms with Crippen LogP contribution in [0.1, 0.15) is 125 Å². The van der Waals surface area contributed by atoms with Crippen LogP contribution in [0.25, 0.3) is 55.6 Å². The summed E-state index contributed by atoms with van der Waals surface area (Å²) in [6.07, 6.45) is 0. The molecule has 0 aliphatic heterocycles. The molecule has 0 radical (unpaired) electrons. The van der Waals surface area contributed by atoms with Gasteiger partial charge >= 0.3 is 0 Å². The van der Waals surface area contributed by atoms with Crippen molar-refractivity contribution < 1.29 is 0 Å². The van der Waals surface area contributed by atoms with Gasteiger partial charge in [-0.1, -0.05) is 257 Å². The van der Waals surface area contributed by atoms with Crippen LogP contribution >= 0.6 is 0 Å². The number of benzene rings is 10. The lowest BCUT2D eigenvalue weighted by molar-refractivity contribution is 0.585. The third kappa shape index (κ3) is 7.11. The average molecular weight is 982 g/mol. The van der Waals surface area contributed by atoms with Crippen molar-refractivity contribution in [1.82, 2.24) is 0 Å². The fourth-order valence-electron chi connectivity index (χ4n) is 13.7. The van der Waals surface area contributed by atoms with E-state index >= 15 is 0 Å². The Labute approximate surface area is 451 Å². The van der Waals surface area contributed by atoms with Crippen LogP contribution < -0.4 is 4.90 Å². The Bertz CT molecular complexity index is 3920. The SMILES string of the molecule is CC(C)(C)c1cccc(C2(c3cccc(C(C)(C)C)c3)c3ccccc3-c3ccc(N(c4cccc(-c5cccc6c5C(C)(C)c5ccccc5-6)c4)c4ccccc4-c4ccc5c(c4)C(C)(C)c4ccccc4-5)cc32)c1. The lowest BCUT2D eigenvalue weighted by atomic mass is 9.66. The zero-order chi connectivity index (χ0) is 52.5. The predicted molar refractivity (Wildman–Crippen MR) is 322 cm³/mol. The van der Waals surface area contributed by atoms with E-state index in [0.29, 0.717) is 0 Å². The van der Waals surface area contributed by atoms with Gasteiger partial charge in [-0.05, 0) is 153 Å². The monoisotopic (exact) mass is 982 g/mol. The molecule has 3 aliphatic rings. The van der Waals surface area contributed by atoms with Crippen LogP contribution in [0.3, 0.4) is 0 Å². The van der Waals surface area contributed by atoms with Crippen molar-refractivity contribution in [3.63, 3.8) is 0 Å². The van der Waals surface area contributed by atoms with E-state index in [1.165, 1.54) is 111 Å². The smallest absolute Gasteiger partial charge is 0.0714 e. The second kappa shape index (κ2) is 17.0. The van der Waals surface area contributed by atoms with Crippen LogP contribution in [0, 0.1) is 0 Å². The molecule has 0 unspecified atom stereocenters. The highest BCUT2D eigenvalue weighted by Gasteiger charge is 2.47. The van der Waals surface area contributed by atoms with Gasteiger partial charge < -0.3 is 4.90 Å². The topological polar surface area (TPSA) is 3.24 Å². The number of rotatable bonds is 7. The summed E-state index contributed by atoms with van der Waals surface area (Å²) in [5, 5.41) is 0. The van der Waals surface area contributed by atoms with Crippen molar-refractivity contribution >= 4 is 17.1 Å². The van der Waals surface area contributed by atoms with Crippen LogP contribution in [-0.4, -0.2) is 0 Å². The quantitative estimate of drug-likeness (QED) is 0.154. The minimum atomic E-state index is -0.622. The van der Waals surface area contributed by atoms with Crippen molar-refractivity contribution in [2.75, 3.05) is 4.90 Å². The molecule has 10 aromatic rings. The zero-order valence-electron chi connectivity index (χ0n) is 45.8. The van der Waals surface area contributed by atoms with Gasteiger partial charge in [0.15, 0.2) is 0 Å². The van der Waals surface area contributed by atoms with Crippen molar-refractivity contribution in [1.29, 1.82) is 0 Å². The van der Waals surface area contributed by atoms with E-state index in [1.807, 2.05) is 0 Å². The molecule has 0 N–H and O–H groups in total. The van der Waals surface area contributed by atoms with Gasteiger partial charge in [0.1, 0.15) is 0 Å². The molecule has 372 valence electrons. The maximum atomic E-state index is 2.56. The molecule has 3 aliphatic carbocycles. The predicted octanol–water partition coefficient (Wildman–Crippen LogP) is 20.1. The van der Waals surface area contributed by atoms with Gasteiger partial charge in [0.2, 0.25) is 0 Å². The first kappa shape index (κ1) is 47.7. The summed E-state index contributed by atoms with van der Waals surface area (Å²) in [5.74, 6) is 0. The van der Waals surface area contributed by atoms with Gasteiger partial charge in [-0.25, -0.2) is 0 Å². The molecular weight excluding hydrogens is 915 g/mol. The standard InChI is InChI=1S/C75H67N/c1-71(2,3)50-24-20-26-52(45-50)75(53-27-21-25-51(46-53)72(4,5)6)66-37-17-13-31-59(66)62-42-40-55(47-68(62)75)76(54-28-19-23-48(43-54)57-33-22-34-63-60-32-12-16-36-65(60)74(9,10)70(57)63)69-38-18-14-29-56(69)49-39-41-61-58-30-11-15-35-64(58)73(7,8)67(61)44-49/h11-47H,1-10H3. The van der Waals surface area contributed by atoms with Gasteiger partial charge in [0, 0.05) is 27.8 Å². The Morgan fingerprint density at radius 3 is 1.42 bits per heavy atom. The van der Waals surface area contributed by atoms with Gasteiger partial charge in [-0.3, -0.25) is 0 Å². The van der Waals surface area contributed by atoms with Crippen LogP contribution in [0.5, 0.6) is 0 Å². The fourth-order valence-corrected chi connectivity index (χ4v) is 13.7. The lowest BCUT2D eigenvalue weighted by Crippen LogP contribution is -2.30. The first-order chi connectivity index (χ1) is 36.5. The molecule has 76 heavy (non-hydrogen) atoms. The van der Waals surface area contributed by atoms with E-state index < -0.39 is 5.41 Å². The van der Waals surface area contributed by atoms with Crippen LogP contribution in [0.15, 0.2) is 224 Å². The molecule has 0 saturated heterocycles. The Balaban J connectivity index is 1.08. The molecule has 1 heteroatoms. The van der Waals surface area contributed by atoms with E-state index in [4.69, 9.17) is 0 Å². The van der Waals surface area contributed by atoms with Crippen molar-refractivity contribution in [3.8, 4) is 55.6 Å². The molecule has 0 atom stereocenters. The third-order valence-electron chi connectivity index (χ3n) is 17.6. The Kier molecular flexibility index (Phi) is 10.7. The number of hydrogen-bond donors (Lipinski definition) is 0. The molecule has 0 aromatic heterocycles. The summed E-state index contributed by atoms with van der Waals surface area (Å²) in [6.45, 7) is 23.6. The molecule has 1 nitrogen and oxygen atoms in total. The van der Waals surface area contributed by atoms with Gasteiger partial charge in [0.05, 0.1) is 11.1 Å². The molecule has 0 spiro atoms. The first-order valence-electron chi connectivity index (χ1n) is 27.4. The number of hydrogen-bond acceptors (Lipinski definition) is 1. The highest BCUT2D eigenvalue weighted by atomic mass is 15.1. The largest absolute Gasteiger partial charge is 0.310 e. The summed E-state index contributed by atoms with van der Waals surface area (Å²) in [5.41, 5.74) is 28.4. The molecule has 0 amide bonds. The number of nitrogens with zero attached hydrogens (tertiary/aromatic N) is 1. The maximum Gasteiger partial charge on any atom is 0.0714 e. The molecule has 0 fully saturated rings. The fraction of sp³-hybridized carbons (Fsp3) is 0.200. The van der Waals surface area contributed by atoms with Crippen LogP contribution in [0.2, 0.25) is 0 Å². The molecule has 0 bridgehead atoms. The number of fused-ring (bicyclic) bond motifs is 9. The van der Waals surface area contributed by atoms with Gasteiger partial charge in [0.25, 0.3) is 0 Å². The van der Waals surface area contributed by atoms with E-state index in [1.54, 1.807) is 0 Å². The second-order valence-corrected chi connectivity index (χ2v) is 24.9. The Morgan fingerprint density at radius 1 is 0.303 bits per heavy atom. The van der Waals surface area contributed by atoms with E-state index in [2.05, 4.69) is 299 Å². The van der Waals surface area contributed by atoms with Gasteiger partial charge in [-0.2, -0.15) is 0 Å². The summed E-state index contributed by atoms with van der Waals surface area (Å²) in [4.78, 5) is 2.56. The molecule has 13 rings (SSSR count). The normalized spacial score (nSPS) is 15.0. The maximum absolute atomic E-state index is 2.56. The Morgan fingerprint density at radius 2 is 0.763 bits per heavy atom. The Hall–Kier alpha value is -8.00. The van der Waals surface area contributed by atoms with Crippen molar-refractivity contribution in [2.45, 2.75) is 96.3 Å². The summed E-state index contributed by atoms with van der Waals surface area (Å²) < 4.78 is 0. The molecule has 10 aromatic carbocycles. The van der Waals surface area contributed by atoms with E-state index in [9.17, 15) is 0 Å². The van der Waals surface area contributed by atoms with Crippen LogP contribution in [-0.2, 0) is 27.1 Å². The third-order valence-corrected chi connectivity index (χ3v) is 17.6. The number of para-hydroxylation sites is 1. The minimum absolute atomic E-state index is 0.0504. The van der Waals surface area contributed by atoms with E-state index in [-0.39, 0.29) is 21.7 Å². The highest BCUT2D eigenvalue weighted by molar-refractivity contribution is 5.95. The first-order valence-corrected chi connectivity index (χ1v) is 27.4. The van der Waals surface area contributed by atoms with Crippen LogP contribution in [0.4, 0.5) is 17.1 Å². The molecule has 0 saturated carbocycles.